The molecule has 2 rings (SSSR count). The van der Waals surface area contributed by atoms with Crippen LogP contribution in [0.2, 0.25) is 0 Å². The molecule has 0 N–H and O–H groups in total. The molecule has 0 aromatic carbocycles. The molecule has 124 valence electrons. The number of hydrogen-bond donors (Lipinski definition) is 0. The summed E-state index contributed by atoms with van der Waals surface area (Å²) < 4.78 is 6.19. The van der Waals surface area contributed by atoms with Crippen molar-refractivity contribution in [2.75, 3.05) is 6.61 Å². The van der Waals surface area contributed by atoms with Crippen LogP contribution in [0, 0.1) is 17.8 Å². The van der Waals surface area contributed by atoms with Gasteiger partial charge < -0.3 is 4.74 Å². The second-order valence-corrected chi connectivity index (χ2v) is 7.71. The Balaban J connectivity index is 1.58. The Bertz CT molecular complexity index is 261. The normalized spacial score (nSPS) is 32.9. The monoisotopic (exact) mass is 294 g/mol. The predicted octanol–water partition coefficient (Wildman–Crippen LogP) is 6.36. The molecule has 1 heteroatoms. The lowest BCUT2D eigenvalue weighted by Gasteiger charge is -2.42. The molecule has 0 aliphatic heterocycles. The van der Waals surface area contributed by atoms with Crippen molar-refractivity contribution >= 4 is 0 Å². The van der Waals surface area contributed by atoms with Gasteiger partial charge >= 0.3 is 0 Å². The van der Waals surface area contributed by atoms with Gasteiger partial charge in [0.05, 0.1) is 6.10 Å². The van der Waals surface area contributed by atoms with E-state index in [1.807, 2.05) is 0 Å². The van der Waals surface area contributed by atoms with Gasteiger partial charge in [-0.25, -0.2) is 0 Å². The second kappa shape index (κ2) is 9.87. The molecule has 0 heterocycles. The van der Waals surface area contributed by atoms with Crippen molar-refractivity contribution in [3.05, 3.63) is 0 Å². The van der Waals surface area contributed by atoms with Crippen LogP contribution < -0.4 is 0 Å². The first-order valence-corrected chi connectivity index (χ1v) is 9.95. The fourth-order valence-electron chi connectivity index (χ4n) is 4.72. The van der Waals surface area contributed by atoms with Gasteiger partial charge in [0.15, 0.2) is 0 Å². The average molecular weight is 295 g/mol. The first kappa shape index (κ1) is 17.3. The Kier molecular flexibility index (Phi) is 8.14. The van der Waals surface area contributed by atoms with E-state index in [9.17, 15) is 0 Å². The highest BCUT2D eigenvalue weighted by Crippen LogP contribution is 2.44. The first-order chi connectivity index (χ1) is 10.3. The van der Waals surface area contributed by atoms with E-state index in [-0.39, 0.29) is 0 Å². The van der Waals surface area contributed by atoms with Crippen LogP contribution in [0.15, 0.2) is 0 Å². The van der Waals surface area contributed by atoms with E-state index < -0.39 is 0 Å². The molecule has 2 saturated carbocycles. The molecule has 21 heavy (non-hydrogen) atoms. The van der Waals surface area contributed by atoms with Crippen molar-refractivity contribution in [1.82, 2.24) is 0 Å². The van der Waals surface area contributed by atoms with Crippen LogP contribution in [0.4, 0.5) is 0 Å². The summed E-state index contributed by atoms with van der Waals surface area (Å²) in [7, 11) is 0. The van der Waals surface area contributed by atoms with Crippen LogP contribution in [0.3, 0.4) is 0 Å². The zero-order chi connectivity index (χ0) is 14.9. The maximum atomic E-state index is 6.19. The third kappa shape index (κ3) is 5.93. The quantitative estimate of drug-likeness (QED) is 0.450. The van der Waals surface area contributed by atoms with Crippen molar-refractivity contribution in [2.24, 2.45) is 17.8 Å². The van der Waals surface area contributed by atoms with Crippen LogP contribution in [0.25, 0.3) is 0 Å². The molecule has 0 aromatic rings. The largest absolute Gasteiger partial charge is 0.378 e. The van der Waals surface area contributed by atoms with E-state index in [1.54, 1.807) is 0 Å². The molecule has 2 fully saturated rings. The van der Waals surface area contributed by atoms with Crippen molar-refractivity contribution in [3.63, 3.8) is 0 Å². The van der Waals surface area contributed by atoms with Crippen LogP contribution in [0.1, 0.15) is 97.3 Å². The minimum absolute atomic E-state index is 0.597. The molecule has 2 aliphatic carbocycles. The molecule has 0 radical (unpaired) electrons. The second-order valence-electron chi connectivity index (χ2n) is 7.71. The van der Waals surface area contributed by atoms with E-state index >= 15 is 0 Å². The Morgan fingerprint density at radius 1 is 0.762 bits per heavy atom. The molecule has 0 amide bonds. The van der Waals surface area contributed by atoms with Gasteiger partial charge in [0.2, 0.25) is 0 Å². The average Bonchev–Trinajstić information content (AvgIpc) is 2.51. The SMILES string of the molecule is CCCCCCCOC1CCC2CC(CCC)CCC2C1. The van der Waals surface area contributed by atoms with Crippen molar-refractivity contribution in [1.29, 1.82) is 0 Å². The van der Waals surface area contributed by atoms with E-state index in [2.05, 4.69) is 13.8 Å². The van der Waals surface area contributed by atoms with Gasteiger partial charge in [-0.05, 0) is 56.3 Å². The predicted molar refractivity (Wildman–Crippen MR) is 91.6 cm³/mol. The minimum atomic E-state index is 0.597. The standard InChI is InChI=1S/C20H38O/c1-3-5-6-7-8-14-21-20-13-12-18-15-17(9-4-2)10-11-19(18)16-20/h17-20H,3-16H2,1-2H3. The lowest BCUT2D eigenvalue weighted by atomic mass is 9.66. The number of rotatable bonds is 9. The highest BCUT2D eigenvalue weighted by molar-refractivity contribution is 4.86. The van der Waals surface area contributed by atoms with Gasteiger partial charge in [-0.3, -0.25) is 0 Å². The summed E-state index contributed by atoms with van der Waals surface area (Å²) in [5.74, 6) is 3.09. The summed E-state index contributed by atoms with van der Waals surface area (Å²) >= 11 is 0. The van der Waals surface area contributed by atoms with E-state index in [0.717, 1.165) is 24.4 Å². The lowest BCUT2D eigenvalue weighted by molar-refractivity contribution is -0.0209. The van der Waals surface area contributed by atoms with Crippen molar-refractivity contribution < 1.29 is 4.74 Å². The molecular weight excluding hydrogens is 256 g/mol. The smallest absolute Gasteiger partial charge is 0.0578 e. The lowest BCUT2D eigenvalue weighted by Crippen LogP contribution is -2.34. The van der Waals surface area contributed by atoms with Gasteiger partial charge in [-0.15, -0.1) is 0 Å². The van der Waals surface area contributed by atoms with Crippen molar-refractivity contribution in [2.45, 2.75) is 103 Å². The fraction of sp³-hybridized carbons (Fsp3) is 1.00. The maximum absolute atomic E-state index is 6.19. The summed E-state index contributed by atoms with van der Waals surface area (Å²) in [6, 6.07) is 0. The number of hydrogen-bond acceptors (Lipinski definition) is 1. The third-order valence-electron chi connectivity index (χ3n) is 5.97. The summed E-state index contributed by atoms with van der Waals surface area (Å²) in [4.78, 5) is 0. The molecule has 4 unspecified atom stereocenters. The highest BCUT2D eigenvalue weighted by Gasteiger charge is 2.35. The Morgan fingerprint density at radius 3 is 2.33 bits per heavy atom. The topological polar surface area (TPSA) is 9.23 Å². The molecule has 4 atom stereocenters. The van der Waals surface area contributed by atoms with Crippen LogP contribution >= 0.6 is 0 Å². The van der Waals surface area contributed by atoms with Gasteiger partial charge in [0, 0.05) is 6.61 Å². The molecule has 0 aromatic heterocycles. The maximum Gasteiger partial charge on any atom is 0.0578 e. The molecule has 0 saturated heterocycles. The van der Waals surface area contributed by atoms with Gasteiger partial charge in [0.1, 0.15) is 0 Å². The Morgan fingerprint density at radius 2 is 1.52 bits per heavy atom. The summed E-state index contributed by atoms with van der Waals surface area (Å²) in [6.45, 7) is 5.64. The number of unbranched alkanes of at least 4 members (excludes halogenated alkanes) is 4. The van der Waals surface area contributed by atoms with Crippen LogP contribution in [0.5, 0.6) is 0 Å². The fourth-order valence-corrected chi connectivity index (χ4v) is 4.72. The van der Waals surface area contributed by atoms with Gasteiger partial charge in [0.25, 0.3) is 0 Å². The number of fused-ring (bicyclic) bond motifs is 1. The van der Waals surface area contributed by atoms with E-state index in [1.165, 1.54) is 83.5 Å². The zero-order valence-electron chi connectivity index (χ0n) is 14.6. The van der Waals surface area contributed by atoms with Gasteiger partial charge in [-0.1, -0.05) is 58.8 Å². The minimum Gasteiger partial charge on any atom is -0.378 e. The van der Waals surface area contributed by atoms with Crippen LogP contribution in [-0.2, 0) is 4.74 Å². The Labute approximate surface area is 133 Å². The highest BCUT2D eigenvalue weighted by atomic mass is 16.5. The van der Waals surface area contributed by atoms with E-state index in [4.69, 9.17) is 4.74 Å². The molecule has 1 nitrogen and oxygen atoms in total. The summed E-state index contributed by atoms with van der Waals surface area (Å²) in [5, 5.41) is 0. The molecule has 0 bridgehead atoms. The third-order valence-corrected chi connectivity index (χ3v) is 5.97. The van der Waals surface area contributed by atoms with E-state index in [0.29, 0.717) is 6.10 Å². The molecule has 2 aliphatic rings. The zero-order valence-corrected chi connectivity index (χ0v) is 14.6. The van der Waals surface area contributed by atoms with Crippen LogP contribution in [-0.4, -0.2) is 12.7 Å². The first-order valence-electron chi connectivity index (χ1n) is 9.95. The van der Waals surface area contributed by atoms with Gasteiger partial charge in [-0.2, -0.15) is 0 Å². The van der Waals surface area contributed by atoms with Crippen molar-refractivity contribution in [3.8, 4) is 0 Å². The Hall–Kier alpha value is -0.0400. The molecular formula is C20H38O. The summed E-state index contributed by atoms with van der Waals surface area (Å²) in [5.41, 5.74) is 0. The summed E-state index contributed by atoms with van der Waals surface area (Å²) in [6.07, 6.45) is 18.9. The molecule has 0 spiro atoms. The number of ether oxygens (including phenoxy) is 1.